The highest BCUT2D eigenvalue weighted by molar-refractivity contribution is 7.88. The van der Waals surface area contributed by atoms with Gasteiger partial charge in [0.05, 0.1) is 30.9 Å². The summed E-state index contributed by atoms with van der Waals surface area (Å²) in [6.45, 7) is 7.35. The van der Waals surface area contributed by atoms with Crippen LogP contribution in [-0.4, -0.2) is 61.0 Å². The molecular weight excluding hydrogens is 510 g/mol. The topological polar surface area (TPSA) is 119 Å². The SMILES string of the molecule is CCC(C)(C)c1ccc(CS(=O)(=O)N2CCC3(CC2)CN(Cc2cc([N+](=O)[O-])ccc2OC)C(=O)O3)cc1. The Morgan fingerprint density at radius 1 is 1.13 bits per heavy atom. The Morgan fingerprint density at radius 2 is 1.79 bits per heavy atom. The molecule has 0 bridgehead atoms. The number of nitrogens with zero attached hydrogens (tertiary/aromatic N) is 3. The average Bonchev–Trinajstić information content (AvgIpc) is 3.18. The molecule has 0 atom stereocenters. The number of rotatable bonds is 9. The molecule has 1 spiro atoms. The third-order valence-corrected chi connectivity index (χ3v) is 9.72. The molecule has 2 aromatic carbocycles. The molecule has 2 aliphatic heterocycles. The molecule has 4 rings (SSSR count). The van der Waals surface area contributed by atoms with Crippen LogP contribution in [-0.2, 0) is 32.5 Å². The third-order valence-electron chi connectivity index (χ3n) is 7.87. The molecule has 206 valence electrons. The lowest BCUT2D eigenvalue weighted by Crippen LogP contribution is -2.48. The zero-order valence-electron chi connectivity index (χ0n) is 22.3. The van der Waals surface area contributed by atoms with Crippen molar-refractivity contribution in [2.24, 2.45) is 0 Å². The van der Waals surface area contributed by atoms with Gasteiger partial charge in [0.1, 0.15) is 11.4 Å². The zero-order chi connectivity index (χ0) is 27.7. The lowest BCUT2D eigenvalue weighted by Gasteiger charge is -2.36. The summed E-state index contributed by atoms with van der Waals surface area (Å²) in [4.78, 5) is 24.9. The second-order valence-corrected chi connectivity index (χ2v) is 12.7. The van der Waals surface area contributed by atoms with Gasteiger partial charge >= 0.3 is 6.09 Å². The van der Waals surface area contributed by atoms with Gasteiger partial charge in [-0.15, -0.1) is 0 Å². The summed E-state index contributed by atoms with van der Waals surface area (Å²) < 4.78 is 38.9. The first-order chi connectivity index (χ1) is 17.9. The molecule has 0 aliphatic carbocycles. The van der Waals surface area contributed by atoms with Gasteiger partial charge in [0.15, 0.2) is 0 Å². The number of non-ortho nitro benzene ring substituents is 1. The standard InChI is InChI=1S/C27H35N3O7S/c1-5-26(2,3)22-8-6-20(7-9-22)18-38(34,35)29-14-12-27(13-15-29)19-28(25(31)37-27)17-21-16-23(30(32)33)10-11-24(21)36-4/h6-11,16H,5,12-15,17-19H2,1-4H3. The number of nitro benzene ring substituents is 1. The van der Waals surface area contributed by atoms with E-state index in [0.717, 1.165) is 12.0 Å². The summed E-state index contributed by atoms with van der Waals surface area (Å²) in [6.07, 6.45) is 1.22. The van der Waals surface area contributed by atoms with Crippen molar-refractivity contribution in [1.82, 2.24) is 9.21 Å². The minimum Gasteiger partial charge on any atom is -0.496 e. The van der Waals surface area contributed by atoms with Crippen LogP contribution in [0.4, 0.5) is 10.5 Å². The third kappa shape index (κ3) is 5.78. The van der Waals surface area contributed by atoms with Gasteiger partial charge in [0.25, 0.3) is 5.69 Å². The summed E-state index contributed by atoms with van der Waals surface area (Å²) >= 11 is 0. The molecule has 2 heterocycles. The van der Waals surface area contributed by atoms with Crippen LogP contribution in [0.25, 0.3) is 0 Å². The van der Waals surface area contributed by atoms with Crippen molar-refractivity contribution in [2.75, 3.05) is 26.7 Å². The highest BCUT2D eigenvalue weighted by atomic mass is 32.2. The monoisotopic (exact) mass is 545 g/mol. The van der Waals surface area contributed by atoms with Crippen molar-refractivity contribution < 1.29 is 27.6 Å². The molecule has 2 aliphatic rings. The van der Waals surface area contributed by atoms with Gasteiger partial charge in [0.2, 0.25) is 10.0 Å². The van der Waals surface area contributed by atoms with Gasteiger partial charge in [-0.25, -0.2) is 17.5 Å². The lowest BCUT2D eigenvalue weighted by atomic mass is 9.82. The molecule has 2 saturated heterocycles. The van der Waals surface area contributed by atoms with Gasteiger partial charge in [-0.3, -0.25) is 15.0 Å². The summed E-state index contributed by atoms with van der Waals surface area (Å²) in [5.74, 6) is 0.363. The summed E-state index contributed by atoms with van der Waals surface area (Å²) in [5, 5.41) is 11.2. The van der Waals surface area contributed by atoms with E-state index in [1.54, 1.807) is 0 Å². The van der Waals surface area contributed by atoms with Crippen molar-refractivity contribution in [3.63, 3.8) is 0 Å². The number of hydrogen-bond donors (Lipinski definition) is 0. The molecule has 0 N–H and O–H groups in total. The zero-order valence-corrected chi connectivity index (χ0v) is 23.1. The largest absolute Gasteiger partial charge is 0.496 e. The Bertz CT molecular complexity index is 1300. The van der Waals surface area contributed by atoms with Crippen LogP contribution < -0.4 is 4.74 Å². The van der Waals surface area contributed by atoms with E-state index in [1.165, 1.54) is 40.1 Å². The van der Waals surface area contributed by atoms with E-state index in [9.17, 15) is 23.3 Å². The van der Waals surface area contributed by atoms with Gasteiger partial charge in [-0.1, -0.05) is 45.0 Å². The number of carbonyl (C=O) groups is 1. The van der Waals surface area contributed by atoms with Crippen LogP contribution in [0.15, 0.2) is 42.5 Å². The molecule has 0 unspecified atom stereocenters. The van der Waals surface area contributed by atoms with E-state index in [4.69, 9.17) is 9.47 Å². The Kier molecular flexibility index (Phi) is 7.72. The number of carbonyl (C=O) groups excluding carboxylic acids is 1. The predicted octanol–water partition coefficient (Wildman–Crippen LogP) is 4.61. The molecule has 38 heavy (non-hydrogen) atoms. The fraction of sp³-hybridized carbons (Fsp3) is 0.519. The molecule has 2 fully saturated rings. The van der Waals surface area contributed by atoms with Gasteiger partial charge in [-0.2, -0.15) is 0 Å². The maximum Gasteiger partial charge on any atom is 0.410 e. The molecule has 0 aromatic heterocycles. The van der Waals surface area contributed by atoms with Crippen LogP contribution in [0.5, 0.6) is 5.75 Å². The minimum absolute atomic E-state index is 0.0333. The van der Waals surface area contributed by atoms with Gasteiger partial charge < -0.3 is 9.47 Å². The quantitative estimate of drug-likeness (QED) is 0.333. The number of nitro groups is 1. The van der Waals surface area contributed by atoms with Crippen molar-refractivity contribution in [3.05, 3.63) is 69.3 Å². The van der Waals surface area contributed by atoms with Crippen LogP contribution >= 0.6 is 0 Å². The Hall–Kier alpha value is -3.18. The Labute approximate surface area is 223 Å². The first kappa shape index (κ1) is 27.8. The normalized spacial score (nSPS) is 18.0. The van der Waals surface area contributed by atoms with Gasteiger partial charge in [-0.05, 0) is 29.0 Å². The average molecular weight is 546 g/mol. The van der Waals surface area contributed by atoms with Crippen molar-refractivity contribution >= 4 is 21.8 Å². The number of benzene rings is 2. The van der Waals surface area contributed by atoms with Crippen molar-refractivity contribution in [2.45, 2.75) is 63.3 Å². The summed E-state index contributed by atoms with van der Waals surface area (Å²) in [6, 6.07) is 12.0. The molecule has 2 aromatic rings. The number of ether oxygens (including phenoxy) is 2. The molecule has 10 nitrogen and oxygen atoms in total. The number of sulfonamides is 1. The Morgan fingerprint density at radius 3 is 2.37 bits per heavy atom. The maximum absolute atomic E-state index is 13.2. The van der Waals surface area contributed by atoms with E-state index in [0.29, 0.717) is 24.2 Å². The number of piperidine rings is 1. The molecular formula is C27H35N3O7S. The molecule has 1 amide bonds. The number of hydrogen-bond acceptors (Lipinski definition) is 7. The maximum atomic E-state index is 13.2. The first-order valence-electron chi connectivity index (χ1n) is 12.7. The van der Waals surface area contributed by atoms with E-state index in [-0.39, 0.29) is 43.0 Å². The van der Waals surface area contributed by atoms with Crippen molar-refractivity contribution in [1.29, 1.82) is 0 Å². The highest BCUT2D eigenvalue weighted by Crippen LogP contribution is 2.36. The lowest BCUT2D eigenvalue weighted by molar-refractivity contribution is -0.384. The van der Waals surface area contributed by atoms with Gasteiger partial charge in [0, 0.05) is 43.6 Å². The fourth-order valence-corrected chi connectivity index (χ4v) is 6.55. The molecule has 11 heteroatoms. The second kappa shape index (κ2) is 10.5. The van der Waals surface area contributed by atoms with Crippen LogP contribution in [0.3, 0.4) is 0 Å². The summed E-state index contributed by atoms with van der Waals surface area (Å²) in [7, 11) is -2.07. The fourth-order valence-electron chi connectivity index (χ4n) is 5.01. The Balaban J connectivity index is 1.39. The number of amides is 1. The van der Waals surface area contributed by atoms with Crippen LogP contribution in [0, 0.1) is 10.1 Å². The summed E-state index contributed by atoms with van der Waals surface area (Å²) in [5.41, 5.74) is 1.58. The van der Waals surface area contributed by atoms with E-state index >= 15 is 0 Å². The van der Waals surface area contributed by atoms with E-state index < -0.39 is 26.6 Å². The predicted molar refractivity (Wildman–Crippen MR) is 142 cm³/mol. The van der Waals surface area contributed by atoms with Crippen LogP contribution in [0.1, 0.15) is 56.7 Å². The van der Waals surface area contributed by atoms with Crippen molar-refractivity contribution in [3.8, 4) is 5.75 Å². The number of methoxy groups -OCH3 is 1. The highest BCUT2D eigenvalue weighted by Gasteiger charge is 2.48. The van der Waals surface area contributed by atoms with E-state index in [1.807, 2.05) is 24.3 Å². The smallest absolute Gasteiger partial charge is 0.410 e. The van der Waals surface area contributed by atoms with E-state index in [2.05, 4.69) is 20.8 Å². The molecule has 0 saturated carbocycles. The van der Waals surface area contributed by atoms with Crippen LogP contribution in [0.2, 0.25) is 0 Å². The first-order valence-corrected chi connectivity index (χ1v) is 14.4. The molecule has 0 radical (unpaired) electrons. The minimum atomic E-state index is -3.54. The second-order valence-electron chi connectivity index (χ2n) is 10.7.